The second-order valence-electron chi connectivity index (χ2n) is 5.85. The van der Waals surface area contributed by atoms with Gasteiger partial charge in [0.05, 0.1) is 0 Å². The molecule has 0 saturated carbocycles. The van der Waals surface area contributed by atoms with E-state index in [1.807, 2.05) is 0 Å². The number of anilines is 1. The molecule has 2 heterocycles. The number of nitrogens with one attached hydrogen (secondary N) is 1. The number of alkyl halides is 2. The Morgan fingerprint density at radius 1 is 1.07 bits per heavy atom. The first-order valence-corrected chi connectivity index (χ1v) is 8.14. The van der Waals surface area contributed by atoms with Crippen LogP contribution in [0.25, 0.3) is 0 Å². The summed E-state index contributed by atoms with van der Waals surface area (Å²) in [6.45, 7) is -0.640. The highest BCUT2D eigenvalue weighted by Gasteiger charge is 2.43. The van der Waals surface area contributed by atoms with Crippen LogP contribution < -0.4 is 24.3 Å². The van der Waals surface area contributed by atoms with Gasteiger partial charge in [0.1, 0.15) is 6.61 Å². The Bertz CT molecular complexity index is 934. The van der Waals surface area contributed by atoms with Crippen molar-refractivity contribution >= 4 is 17.6 Å². The highest BCUT2D eigenvalue weighted by Crippen LogP contribution is 2.42. The van der Waals surface area contributed by atoms with Crippen molar-refractivity contribution in [2.75, 3.05) is 18.5 Å². The van der Waals surface area contributed by atoms with Gasteiger partial charge in [0.2, 0.25) is 6.10 Å². The van der Waals surface area contributed by atoms with Gasteiger partial charge in [-0.3, -0.25) is 4.79 Å². The van der Waals surface area contributed by atoms with Gasteiger partial charge in [-0.2, -0.15) is 0 Å². The predicted octanol–water partition coefficient (Wildman–Crippen LogP) is 2.33. The number of rotatable bonds is 4. The van der Waals surface area contributed by atoms with Crippen molar-refractivity contribution < 1.29 is 42.1 Å². The summed E-state index contributed by atoms with van der Waals surface area (Å²) in [5, 5.41) is 2.40. The lowest BCUT2D eigenvalue weighted by Crippen LogP contribution is -2.39. The molecule has 0 saturated heterocycles. The number of ether oxygens (including phenoxy) is 5. The fourth-order valence-electron chi connectivity index (χ4n) is 2.59. The molecule has 4 rings (SSSR count). The summed E-state index contributed by atoms with van der Waals surface area (Å²) in [4.78, 5) is 24.0. The monoisotopic (exact) mass is 393 g/mol. The van der Waals surface area contributed by atoms with Crippen LogP contribution in [-0.2, 0) is 14.3 Å². The molecule has 1 atom stereocenters. The molecule has 0 aliphatic carbocycles. The van der Waals surface area contributed by atoms with Gasteiger partial charge >= 0.3 is 12.3 Å². The maximum Gasteiger partial charge on any atom is 0.586 e. The van der Waals surface area contributed by atoms with Gasteiger partial charge in [0.25, 0.3) is 5.91 Å². The molecule has 2 aliphatic rings. The summed E-state index contributed by atoms with van der Waals surface area (Å²) >= 11 is 0. The van der Waals surface area contributed by atoms with Crippen LogP contribution in [0.2, 0.25) is 0 Å². The smallest absolute Gasteiger partial charge is 0.485 e. The first-order chi connectivity index (χ1) is 13.4. The number of esters is 1. The van der Waals surface area contributed by atoms with Gasteiger partial charge in [-0.15, -0.1) is 8.78 Å². The number of carbonyl (C=O) groups excluding carboxylic acids is 2. The van der Waals surface area contributed by atoms with Gasteiger partial charge in [-0.25, -0.2) is 4.79 Å². The van der Waals surface area contributed by atoms with Gasteiger partial charge in [0.15, 0.2) is 29.6 Å². The fraction of sp³-hybridized carbons (Fsp3) is 0.222. The third kappa shape index (κ3) is 3.75. The Labute approximate surface area is 156 Å². The third-order valence-corrected chi connectivity index (χ3v) is 3.80. The molecular weight excluding hydrogens is 380 g/mol. The van der Waals surface area contributed by atoms with Crippen LogP contribution in [0.1, 0.15) is 0 Å². The number of hydrogen-bond donors (Lipinski definition) is 1. The third-order valence-electron chi connectivity index (χ3n) is 3.80. The molecule has 0 radical (unpaired) electrons. The van der Waals surface area contributed by atoms with Crippen LogP contribution in [-0.4, -0.2) is 37.5 Å². The molecule has 1 N–H and O–H groups in total. The van der Waals surface area contributed by atoms with E-state index in [4.69, 9.17) is 14.2 Å². The zero-order valence-electron chi connectivity index (χ0n) is 14.1. The van der Waals surface area contributed by atoms with E-state index < -0.39 is 30.9 Å². The largest absolute Gasteiger partial charge is 0.586 e. The molecule has 0 fully saturated rings. The van der Waals surface area contributed by atoms with E-state index in [1.165, 1.54) is 18.2 Å². The molecule has 28 heavy (non-hydrogen) atoms. The number of hydrogen-bond acceptors (Lipinski definition) is 7. The minimum atomic E-state index is -3.75. The normalized spacial score (nSPS) is 18.3. The number of carbonyl (C=O) groups is 2. The average Bonchev–Trinajstić information content (AvgIpc) is 2.98. The van der Waals surface area contributed by atoms with Gasteiger partial charge in [0, 0.05) is 11.8 Å². The second-order valence-corrected chi connectivity index (χ2v) is 5.85. The van der Waals surface area contributed by atoms with Crippen LogP contribution in [0.3, 0.4) is 0 Å². The minimum absolute atomic E-state index is 0.0478. The lowest BCUT2D eigenvalue weighted by atomic mass is 10.2. The zero-order chi connectivity index (χ0) is 19.7. The minimum Gasteiger partial charge on any atom is -0.485 e. The standard InChI is InChI=1S/C18H13F2NO7/c19-18(20)27-13-6-5-10(7-14(13)28-18)21-16(22)9-25-17(23)15-8-24-11-3-1-2-4-12(11)26-15/h1-7,15H,8-9H2,(H,21,22)/t15-/m0/s1. The number of fused-ring (bicyclic) bond motifs is 2. The van der Waals surface area contributed by atoms with Crippen LogP contribution >= 0.6 is 0 Å². The van der Waals surface area contributed by atoms with E-state index >= 15 is 0 Å². The topological polar surface area (TPSA) is 92.3 Å². The molecule has 2 aromatic rings. The summed E-state index contributed by atoms with van der Waals surface area (Å²) in [5.74, 6) is -0.892. The first-order valence-electron chi connectivity index (χ1n) is 8.14. The van der Waals surface area contributed by atoms with Crippen molar-refractivity contribution in [3.63, 3.8) is 0 Å². The molecule has 10 heteroatoms. The molecule has 146 valence electrons. The average molecular weight is 393 g/mol. The van der Waals surface area contributed by atoms with Crippen molar-refractivity contribution in [2.45, 2.75) is 12.4 Å². The van der Waals surface area contributed by atoms with E-state index in [1.54, 1.807) is 24.3 Å². The summed E-state index contributed by atoms with van der Waals surface area (Å²) in [7, 11) is 0. The summed E-state index contributed by atoms with van der Waals surface area (Å²) in [6.07, 6.45) is -4.75. The number of para-hydroxylation sites is 2. The van der Waals surface area contributed by atoms with E-state index in [-0.39, 0.29) is 23.8 Å². The van der Waals surface area contributed by atoms with Crippen molar-refractivity contribution in [3.05, 3.63) is 42.5 Å². The van der Waals surface area contributed by atoms with Crippen LogP contribution in [0.4, 0.5) is 14.5 Å². The lowest BCUT2D eigenvalue weighted by molar-refractivity contribution is -0.286. The SMILES string of the molecule is O=C(COC(=O)[C@@H]1COc2ccccc2O1)Nc1ccc2c(c1)OC(F)(F)O2. The van der Waals surface area contributed by atoms with Crippen LogP contribution in [0.15, 0.2) is 42.5 Å². The highest BCUT2D eigenvalue weighted by atomic mass is 19.3. The van der Waals surface area contributed by atoms with Crippen molar-refractivity contribution in [1.82, 2.24) is 0 Å². The Kier molecular flexibility index (Phi) is 4.38. The van der Waals surface area contributed by atoms with Gasteiger partial charge in [-0.1, -0.05) is 12.1 Å². The van der Waals surface area contributed by atoms with Crippen molar-refractivity contribution in [2.24, 2.45) is 0 Å². The van der Waals surface area contributed by atoms with Gasteiger partial charge < -0.3 is 29.0 Å². The molecule has 8 nitrogen and oxygen atoms in total. The molecular formula is C18H13F2NO7. The summed E-state index contributed by atoms with van der Waals surface area (Å²) in [6, 6.07) is 10.6. The van der Waals surface area contributed by atoms with Crippen LogP contribution in [0.5, 0.6) is 23.0 Å². The van der Waals surface area contributed by atoms with E-state index in [2.05, 4.69) is 14.8 Å². The van der Waals surface area contributed by atoms with E-state index in [0.29, 0.717) is 11.5 Å². The van der Waals surface area contributed by atoms with E-state index in [0.717, 1.165) is 0 Å². The molecule has 0 aromatic heterocycles. The summed E-state index contributed by atoms with van der Waals surface area (Å²) < 4.78 is 50.4. The maximum atomic E-state index is 13.0. The molecule has 0 bridgehead atoms. The second kappa shape index (κ2) is 6.87. The van der Waals surface area contributed by atoms with Gasteiger partial charge in [-0.05, 0) is 24.3 Å². The van der Waals surface area contributed by atoms with Crippen molar-refractivity contribution in [1.29, 1.82) is 0 Å². The predicted molar refractivity (Wildman–Crippen MR) is 88.6 cm³/mol. The summed E-state index contributed by atoms with van der Waals surface area (Å²) in [5.41, 5.74) is 0.173. The van der Waals surface area contributed by atoms with Crippen molar-refractivity contribution in [3.8, 4) is 23.0 Å². The lowest BCUT2D eigenvalue weighted by Gasteiger charge is -2.24. The van der Waals surface area contributed by atoms with Crippen LogP contribution in [0, 0.1) is 0 Å². The Morgan fingerprint density at radius 3 is 2.64 bits per heavy atom. The molecule has 1 amide bonds. The number of halogens is 2. The molecule has 0 unspecified atom stereocenters. The first kappa shape index (κ1) is 17.8. The number of amides is 1. The molecule has 2 aromatic carbocycles. The zero-order valence-corrected chi connectivity index (χ0v) is 14.1. The Morgan fingerprint density at radius 2 is 1.82 bits per heavy atom. The number of benzene rings is 2. The molecule has 2 aliphatic heterocycles. The quantitative estimate of drug-likeness (QED) is 0.797. The maximum absolute atomic E-state index is 13.0. The fourth-order valence-corrected chi connectivity index (χ4v) is 2.59. The van der Waals surface area contributed by atoms with E-state index in [9.17, 15) is 18.4 Å². The molecule has 0 spiro atoms. The highest BCUT2D eigenvalue weighted by molar-refractivity contribution is 5.93. The Balaban J connectivity index is 1.29. The Hall–Kier alpha value is -3.56.